The zero-order chi connectivity index (χ0) is 12.9. The monoisotopic (exact) mass is 240 g/mol. The Hall–Kier alpha value is -1.41. The number of hydroxylamine groups is 1. The number of Topliss-reactive ketones (excluding diaryl/α,β-unsaturated/α-hetero) is 1. The molecule has 0 amide bonds. The van der Waals surface area contributed by atoms with Crippen LogP contribution in [0.2, 0.25) is 0 Å². The van der Waals surface area contributed by atoms with Crippen LogP contribution in [-0.2, 0) is 4.79 Å². The molecule has 1 N–H and O–H groups in total. The Labute approximate surface area is 102 Å². The second-order valence-electron chi connectivity index (χ2n) is 3.75. The number of aliphatic hydroxyl groups is 1. The highest BCUT2D eigenvalue weighted by molar-refractivity contribution is 5.94. The largest absolute Gasteiger partial charge is 0.600 e. The molecule has 0 fully saturated rings. The summed E-state index contributed by atoms with van der Waals surface area (Å²) in [7, 11) is 0. The Morgan fingerprint density at radius 2 is 1.94 bits per heavy atom. The molecule has 0 aromatic rings. The van der Waals surface area contributed by atoms with Gasteiger partial charge >= 0.3 is 0 Å². The van der Waals surface area contributed by atoms with Crippen molar-refractivity contribution in [3.05, 3.63) is 5.21 Å². The van der Waals surface area contributed by atoms with E-state index in [0.717, 1.165) is 32.1 Å². The Kier molecular flexibility index (Phi) is 10.2. The second-order valence-corrected chi connectivity index (χ2v) is 3.75. The van der Waals surface area contributed by atoms with Crippen LogP contribution < -0.4 is 0 Å². The topological polar surface area (TPSA) is 75.7 Å². The van der Waals surface area contributed by atoms with E-state index < -0.39 is 0 Å². The van der Waals surface area contributed by atoms with E-state index in [4.69, 9.17) is 11.5 Å². The first-order valence-corrected chi connectivity index (χ1v) is 5.93. The van der Waals surface area contributed by atoms with E-state index in [0.29, 0.717) is 17.8 Å². The van der Waals surface area contributed by atoms with E-state index in [1.807, 2.05) is 0 Å². The van der Waals surface area contributed by atoms with Crippen molar-refractivity contribution in [3.63, 3.8) is 0 Å². The Morgan fingerprint density at radius 1 is 1.29 bits per heavy atom. The minimum absolute atomic E-state index is 0.0953. The maximum Gasteiger partial charge on any atom is 0.205 e. The van der Waals surface area contributed by atoms with Crippen LogP contribution >= 0.6 is 0 Å². The summed E-state index contributed by atoms with van der Waals surface area (Å²) in [5.41, 5.74) is 0. The van der Waals surface area contributed by atoms with Crippen LogP contribution in [0.4, 0.5) is 0 Å². The van der Waals surface area contributed by atoms with Crippen LogP contribution in [0.15, 0.2) is 5.11 Å². The molecule has 0 aliphatic rings. The van der Waals surface area contributed by atoms with Crippen LogP contribution in [0.25, 0.3) is 0 Å². The van der Waals surface area contributed by atoms with Gasteiger partial charge in [-0.2, -0.15) is 0 Å². The average Bonchev–Trinajstić information content (AvgIpc) is 2.34. The van der Waals surface area contributed by atoms with E-state index in [1.54, 1.807) is 0 Å². The highest BCUT2D eigenvalue weighted by Gasteiger charge is 1.98. The molecule has 5 nitrogen and oxygen atoms in total. The standard InChI is InChI=1S/C12H20N2O3/c1-2-12(16)8-6-4-3-5-7-10-14(17)13-9-11-15/h1,15H,3-11H2. The van der Waals surface area contributed by atoms with Gasteiger partial charge in [0.1, 0.15) is 6.54 Å². The summed E-state index contributed by atoms with van der Waals surface area (Å²) in [5.74, 6) is 1.94. The summed E-state index contributed by atoms with van der Waals surface area (Å²) in [6.45, 7) is 0.433. The molecule has 0 spiro atoms. The summed E-state index contributed by atoms with van der Waals surface area (Å²) in [6, 6.07) is 0. The molecule has 0 aliphatic heterocycles. The lowest BCUT2D eigenvalue weighted by Gasteiger charge is -2.01. The van der Waals surface area contributed by atoms with E-state index in [2.05, 4.69) is 11.0 Å². The normalized spacial score (nSPS) is 11.2. The van der Waals surface area contributed by atoms with Crippen LogP contribution in [0.3, 0.4) is 0 Å². The van der Waals surface area contributed by atoms with Gasteiger partial charge in [-0.3, -0.25) is 4.79 Å². The zero-order valence-electron chi connectivity index (χ0n) is 10.1. The first-order chi connectivity index (χ1) is 8.20. The van der Waals surface area contributed by atoms with Crippen LogP contribution in [0.5, 0.6) is 0 Å². The highest BCUT2D eigenvalue weighted by Crippen LogP contribution is 2.05. The molecule has 0 saturated heterocycles. The fourth-order valence-electron chi connectivity index (χ4n) is 1.36. The molecule has 0 heterocycles. The number of azo groups is 1. The van der Waals surface area contributed by atoms with Crippen molar-refractivity contribution in [2.75, 3.05) is 19.7 Å². The minimum Gasteiger partial charge on any atom is -0.600 e. The van der Waals surface area contributed by atoms with E-state index in [9.17, 15) is 10.0 Å². The molecule has 0 rings (SSSR count). The molecule has 96 valence electrons. The maximum atomic E-state index is 11.0. The fourth-order valence-corrected chi connectivity index (χ4v) is 1.36. The van der Waals surface area contributed by atoms with Gasteiger partial charge in [0.15, 0.2) is 6.54 Å². The summed E-state index contributed by atoms with van der Waals surface area (Å²) in [5, 5.41) is 23.0. The van der Waals surface area contributed by atoms with Gasteiger partial charge in [-0.05, 0) is 23.9 Å². The smallest absolute Gasteiger partial charge is 0.205 e. The van der Waals surface area contributed by atoms with Gasteiger partial charge in [0, 0.05) is 12.8 Å². The number of aliphatic hydroxyl groups excluding tert-OH is 1. The van der Waals surface area contributed by atoms with E-state index in [-0.39, 0.29) is 18.9 Å². The van der Waals surface area contributed by atoms with Crippen LogP contribution in [0, 0.1) is 17.6 Å². The molecular formula is C12H20N2O3. The molecule has 0 unspecified atom stereocenters. The van der Waals surface area contributed by atoms with Crippen molar-refractivity contribution in [2.45, 2.75) is 38.5 Å². The molecule has 17 heavy (non-hydrogen) atoms. The maximum absolute atomic E-state index is 11.0. The molecule has 0 aliphatic carbocycles. The van der Waals surface area contributed by atoms with Gasteiger partial charge in [0.25, 0.3) is 0 Å². The first-order valence-electron chi connectivity index (χ1n) is 5.93. The second kappa shape index (κ2) is 11.1. The molecule has 0 radical (unpaired) electrons. The van der Waals surface area contributed by atoms with Crippen LogP contribution in [0.1, 0.15) is 38.5 Å². The number of rotatable bonds is 10. The Morgan fingerprint density at radius 3 is 2.59 bits per heavy atom. The zero-order valence-corrected chi connectivity index (χ0v) is 10.1. The van der Waals surface area contributed by atoms with Gasteiger partial charge in [-0.15, -0.1) is 6.42 Å². The highest BCUT2D eigenvalue weighted by atomic mass is 16.5. The van der Waals surface area contributed by atoms with E-state index >= 15 is 0 Å². The molecule has 0 bridgehead atoms. The predicted octanol–water partition coefficient (Wildman–Crippen LogP) is 1.48. The van der Waals surface area contributed by atoms with Gasteiger partial charge < -0.3 is 10.3 Å². The molecule has 0 atom stereocenters. The number of unbranched alkanes of at least 4 members (excludes halogenated alkanes) is 4. The molecule has 0 aromatic carbocycles. The van der Waals surface area contributed by atoms with Gasteiger partial charge in [-0.1, -0.05) is 17.7 Å². The van der Waals surface area contributed by atoms with Gasteiger partial charge in [0.2, 0.25) is 5.78 Å². The molecule has 0 saturated carbocycles. The van der Waals surface area contributed by atoms with Crippen molar-refractivity contribution in [2.24, 2.45) is 5.11 Å². The number of hydrogen-bond donors (Lipinski definition) is 1. The third-order valence-corrected chi connectivity index (χ3v) is 2.27. The third kappa shape index (κ3) is 10.9. The Bertz CT molecular complexity index is 282. The molecule has 0 aromatic heterocycles. The average molecular weight is 240 g/mol. The van der Waals surface area contributed by atoms with Crippen molar-refractivity contribution < 1.29 is 14.8 Å². The number of carbonyl (C=O) groups excluding carboxylic acids is 1. The van der Waals surface area contributed by atoms with E-state index in [1.165, 1.54) is 0 Å². The van der Waals surface area contributed by atoms with Gasteiger partial charge in [0.05, 0.1) is 6.61 Å². The summed E-state index contributed by atoms with van der Waals surface area (Å²) in [4.78, 5) is 11.4. The van der Waals surface area contributed by atoms with Gasteiger partial charge in [-0.25, -0.2) is 0 Å². The number of hydrogen-bond acceptors (Lipinski definition) is 4. The number of carbonyl (C=O) groups is 1. The Balaban J connectivity index is 3.30. The minimum atomic E-state index is -0.140. The van der Waals surface area contributed by atoms with Crippen LogP contribution in [-0.4, -0.2) is 35.4 Å². The summed E-state index contributed by atoms with van der Waals surface area (Å²) >= 11 is 0. The number of nitrogens with zero attached hydrogens (tertiary/aromatic N) is 2. The summed E-state index contributed by atoms with van der Waals surface area (Å²) in [6.07, 6.45) is 9.88. The SMILES string of the molecule is C#CC(=O)CCCCCCC[N+]([O-])=NCCO. The quantitative estimate of drug-likeness (QED) is 0.157. The lowest BCUT2D eigenvalue weighted by atomic mass is 10.1. The molecule has 5 heteroatoms. The predicted molar refractivity (Wildman–Crippen MR) is 64.4 cm³/mol. The summed E-state index contributed by atoms with van der Waals surface area (Å²) < 4.78 is 0. The van der Waals surface area contributed by atoms with Crippen molar-refractivity contribution in [3.8, 4) is 12.3 Å². The molecular weight excluding hydrogens is 220 g/mol. The van der Waals surface area contributed by atoms with Crippen molar-refractivity contribution in [1.29, 1.82) is 0 Å². The van der Waals surface area contributed by atoms with Crippen molar-refractivity contribution in [1.82, 2.24) is 0 Å². The number of ketones is 1. The fraction of sp³-hybridized carbons (Fsp3) is 0.750. The lowest BCUT2D eigenvalue weighted by molar-refractivity contribution is -0.531. The number of terminal acetylenes is 1. The third-order valence-electron chi connectivity index (χ3n) is 2.27. The first kappa shape index (κ1) is 15.6. The lowest BCUT2D eigenvalue weighted by Crippen LogP contribution is -2.05. The van der Waals surface area contributed by atoms with Crippen molar-refractivity contribution >= 4 is 5.78 Å².